The maximum Gasteiger partial charge on any atom is 0.131 e. The summed E-state index contributed by atoms with van der Waals surface area (Å²) in [6.45, 7) is 2.01. The molecule has 0 fully saturated rings. The van der Waals surface area contributed by atoms with Crippen molar-refractivity contribution in [3.8, 4) is 11.3 Å². The summed E-state index contributed by atoms with van der Waals surface area (Å²) in [5.74, 6) is 1.27. The zero-order valence-electron chi connectivity index (χ0n) is 8.51. The molecule has 0 radical (unpaired) electrons. The fraction of sp³-hybridized carbons (Fsp3) is 0.182. The zero-order valence-corrected chi connectivity index (χ0v) is 8.51. The summed E-state index contributed by atoms with van der Waals surface area (Å²) in [4.78, 5) is 12.5. The summed E-state index contributed by atoms with van der Waals surface area (Å²) in [5.41, 5.74) is 7.56. The van der Waals surface area contributed by atoms with E-state index in [1.807, 2.05) is 19.1 Å². The summed E-state index contributed by atoms with van der Waals surface area (Å²) in [5, 5.41) is 0. The van der Waals surface area contributed by atoms with Gasteiger partial charge in [-0.25, -0.2) is 9.97 Å². The highest BCUT2D eigenvalue weighted by Crippen LogP contribution is 2.17. The standard InChI is InChI=1S/C11H12N4/c1-2-11-14-9(7-10(12)15-11)8-3-5-13-6-4-8/h3-7H,2H2,1H3,(H2,12,14,15). The van der Waals surface area contributed by atoms with Crippen molar-refractivity contribution in [1.82, 2.24) is 15.0 Å². The van der Waals surface area contributed by atoms with Crippen molar-refractivity contribution in [3.05, 3.63) is 36.4 Å². The molecule has 0 aliphatic carbocycles. The summed E-state index contributed by atoms with van der Waals surface area (Å²) in [6, 6.07) is 5.58. The van der Waals surface area contributed by atoms with Crippen molar-refractivity contribution in [2.75, 3.05) is 5.73 Å². The second-order valence-electron chi connectivity index (χ2n) is 3.18. The van der Waals surface area contributed by atoms with E-state index in [9.17, 15) is 0 Å². The van der Waals surface area contributed by atoms with E-state index in [1.54, 1.807) is 18.5 Å². The number of aromatic nitrogens is 3. The van der Waals surface area contributed by atoms with E-state index in [0.29, 0.717) is 5.82 Å². The van der Waals surface area contributed by atoms with Gasteiger partial charge in [0.05, 0.1) is 5.69 Å². The van der Waals surface area contributed by atoms with Crippen LogP contribution in [0.15, 0.2) is 30.6 Å². The maximum atomic E-state index is 5.71. The molecule has 2 heterocycles. The van der Waals surface area contributed by atoms with E-state index >= 15 is 0 Å². The molecule has 15 heavy (non-hydrogen) atoms. The van der Waals surface area contributed by atoms with Crippen molar-refractivity contribution in [3.63, 3.8) is 0 Å². The van der Waals surface area contributed by atoms with Gasteiger partial charge in [-0.05, 0) is 12.1 Å². The van der Waals surface area contributed by atoms with Gasteiger partial charge >= 0.3 is 0 Å². The lowest BCUT2D eigenvalue weighted by Gasteiger charge is -2.03. The summed E-state index contributed by atoms with van der Waals surface area (Å²) < 4.78 is 0. The van der Waals surface area contributed by atoms with Crippen LogP contribution in [0.3, 0.4) is 0 Å². The lowest BCUT2D eigenvalue weighted by Crippen LogP contribution is -1.99. The van der Waals surface area contributed by atoms with Gasteiger partial charge in [0.15, 0.2) is 0 Å². The van der Waals surface area contributed by atoms with Gasteiger partial charge in [-0.2, -0.15) is 0 Å². The van der Waals surface area contributed by atoms with E-state index < -0.39 is 0 Å². The number of aryl methyl sites for hydroxylation is 1. The molecule has 0 amide bonds. The molecule has 76 valence electrons. The molecule has 0 aromatic carbocycles. The Kier molecular flexibility index (Phi) is 2.58. The molecular weight excluding hydrogens is 188 g/mol. The van der Waals surface area contributed by atoms with Crippen LogP contribution < -0.4 is 5.73 Å². The van der Waals surface area contributed by atoms with Crippen molar-refractivity contribution >= 4 is 5.82 Å². The number of nitrogen functional groups attached to an aromatic ring is 1. The first kappa shape index (κ1) is 9.58. The Balaban J connectivity index is 2.49. The van der Waals surface area contributed by atoms with Crippen LogP contribution in [-0.2, 0) is 6.42 Å². The third-order valence-corrected chi connectivity index (χ3v) is 2.08. The summed E-state index contributed by atoms with van der Waals surface area (Å²) in [6.07, 6.45) is 4.25. The number of nitrogens with two attached hydrogens (primary N) is 1. The molecule has 4 heteroatoms. The van der Waals surface area contributed by atoms with Gasteiger partial charge < -0.3 is 5.73 Å². The number of hydrogen-bond acceptors (Lipinski definition) is 4. The molecule has 0 bridgehead atoms. The molecule has 0 aliphatic heterocycles. The van der Waals surface area contributed by atoms with Crippen molar-refractivity contribution in [2.24, 2.45) is 0 Å². The van der Waals surface area contributed by atoms with Crippen LogP contribution in [0.25, 0.3) is 11.3 Å². The Morgan fingerprint density at radius 1 is 1.20 bits per heavy atom. The molecule has 0 saturated heterocycles. The number of hydrogen-bond donors (Lipinski definition) is 1. The molecule has 4 nitrogen and oxygen atoms in total. The fourth-order valence-electron chi connectivity index (χ4n) is 1.35. The molecule has 2 aromatic rings. The van der Waals surface area contributed by atoms with E-state index in [-0.39, 0.29) is 0 Å². The molecule has 2 rings (SSSR count). The molecular formula is C11H12N4. The summed E-state index contributed by atoms with van der Waals surface area (Å²) >= 11 is 0. The predicted octanol–water partition coefficient (Wildman–Crippen LogP) is 1.68. The third kappa shape index (κ3) is 2.10. The minimum absolute atomic E-state index is 0.508. The van der Waals surface area contributed by atoms with Gasteiger partial charge in [-0.15, -0.1) is 0 Å². The Morgan fingerprint density at radius 2 is 1.93 bits per heavy atom. The van der Waals surface area contributed by atoms with Crippen LogP contribution in [0.2, 0.25) is 0 Å². The van der Waals surface area contributed by atoms with E-state index in [4.69, 9.17) is 5.73 Å². The van der Waals surface area contributed by atoms with Crippen LogP contribution in [0.5, 0.6) is 0 Å². The van der Waals surface area contributed by atoms with Crippen LogP contribution in [-0.4, -0.2) is 15.0 Å². The van der Waals surface area contributed by atoms with Gasteiger partial charge in [0.25, 0.3) is 0 Å². The average molecular weight is 200 g/mol. The Bertz CT molecular complexity index is 453. The van der Waals surface area contributed by atoms with Gasteiger partial charge in [0.2, 0.25) is 0 Å². The van der Waals surface area contributed by atoms with E-state index in [0.717, 1.165) is 23.5 Å². The zero-order chi connectivity index (χ0) is 10.7. The monoisotopic (exact) mass is 200 g/mol. The quantitative estimate of drug-likeness (QED) is 0.801. The Labute approximate surface area is 88.2 Å². The smallest absolute Gasteiger partial charge is 0.131 e. The predicted molar refractivity (Wildman–Crippen MR) is 59.1 cm³/mol. The van der Waals surface area contributed by atoms with Gasteiger partial charge in [0, 0.05) is 30.4 Å². The normalized spacial score (nSPS) is 10.2. The van der Waals surface area contributed by atoms with Crippen molar-refractivity contribution < 1.29 is 0 Å². The Morgan fingerprint density at radius 3 is 2.60 bits per heavy atom. The fourth-order valence-corrected chi connectivity index (χ4v) is 1.35. The lowest BCUT2D eigenvalue weighted by molar-refractivity contribution is 0.948. The highest BCUT2D eigenvalue weighted by Gasteiger charge is 2.03. The van der Waals surface area contributed by atoms with Crippen LogP contribution in [0.4, 0.5) is 5.82 Å². The first-order chi connectivity index (χ1) is 7.29. The highest BCUT2D eigenvalue weighted by molar-refractivity contribution is 5.60. The van der Waals surface area contributed by atoms with Gasteiger partial charge in [0.1, 0.15) is 11.6 Å². The molecule has 0 saturated carbocycles. The number of nitrogens with zero attached hydrogens (tertiary/aromatic N) is 3. The number of anilines is 1. The first-order valence-corrected chi connectivity index (χ1v) is 4.83. The molecule has 0 spiro atoms. The highest BCUT2D eigenvalue weighted by atomic mass is 14.9. The van der Waals surface area contributed by atoms with E-state index in [1.165, 1.54) is 0 Å². The largest absolute Gasteiger partial charge is 0.384 e. The van der Waals surface area contributed by atoms with Gasteiger partial charge in [-0.3, -0.25) is 4.98 Å². The van der Waals surface area contributed by atoms with Crippen LogP contribution in [0.1, 0.15) is 12.7 Å². The first-order valence-electron chi connectivity index (χ1n) is 4.83. The van der Waals surface area contributed by atoms with Crippen molar-refractivity contribution in [2.45, 2.75) is 13.3 Å². The van der Waals surface area contributed by atoms with Gasteiger partial charge in [-0.1, -0.05) is 6.92 Å². The van der Waals surface area contributed by atoms with Crippen LogP contribution in [0, 0.1) is 0 Å². The molecule has 0 unspecified atom stereocenters. The Hall–Kier alpha value is -1.97. The number of rotatable bonds is 2. The summed E-state index contributed by atoms with van der Waals surface area (Å²) in [7, 11) is 0. The second-order valence-corrected chi connectivity index (χ2v) is 3.18. The second kappa shape index (κ2) is 4.04. The lowest BCUT2D eigenvalue weighted by atomic mass is 10.2. The molecule has 0 atom stereocenters. The number of pyridine rings is 1. The minimum atomic E-state index is 0.508. The topological polar surface area (TPSA) is 64.7 Å². The third-order valence-electron chi connectivity index (χ3n) is 2.08. The van der Waals surface area contributed by atoms with Crippen molar-refractivity contribution in [1.29, 1.82) is 0 Å². The average Bonchev–Trinajstić information content (AvgIpc) is 2.29. The maximum absolute atomic E-state index is 5.71. The molecule has 2 N–H and O–H groups in total. The SMILES string of the molecule is CCc1nc(N)cc(-c2ccncc2)n1. The van der Waals surface area contributed by atoms with E-state index in [2.05, 4.69) is 15.0 Å². The molecule has 2 aromatic heterocycles. The minimum Gasteiger partial charge on any atom is -0.384 e. The molecule has 0 aliphatic rings. The van der Waals surface area contributed by atoms with Crippen LogP contribution >= 0.6 is 0 Å².